The van der Waals surface area contributed by atoms with Gasteiger partial charge in [-0.1, -0.05) is 0 Å². The van der Waals surface area contributed by atoms with E-state index in [0.29, 0.717) is 0 Å². The molecule has 8 heteroatoms. The summed E-state index contributed by atoms with van der Waals surface area (Å²) in [6.07, 6.45) is -0.930. The van der Waals surface area contributed by atoms with Crippen LogP contribution in [0.2, 0.25) is 0 Å². The summed E-state index contributed by atoms with van der Waals surface area (Å²) >= 11 is 0. The van der Waals surface area contributed by atoms with Crippen molar-refractivity contribution in [1.29, 1.82) is 0 Å². The Bertz CT molecular complexity index is 341. The quantitative estimate of drug-likeness (QED) is 0.468. The van der Waals surface area contributed by atoms with Crippen LogP contribution < -0.4 is 11.1 Å². The van der Waals surface area contributed by atoms with Gasteiger partial charge >= 0.3 is 11.9 Å². The molecule has 0 aromatic rings. The van der Waals surface area contributed by atoms with Gasteiger partial charge in [-0.3, -0.25) is 19.2 Å². The highest BCUT2D eigenvalue weighted by Crippen LogP contribution is 1.97. The van der Waals surface area contributed by atoms with Crippen LogP contribution in [-0.2, 0) is 23.9 Å². The normalized spacial score (nSPS) is 11.4. The number of hydrogen-bond acceptors (Lipinski definition) is 5. The van der Waals surface area contributed by atoms with E-state index in [4.69, 9.17) is 10.8 Å². The second-order valence-electron chi connectivity index (χ2n) is 3.43. The minimum atomic E-state index is -1.28. The Hall–Kier alpha value is -2.12. The number of aliphatic carboxylic acids is 1. The lowest BCUT2D eigenvalue weighted by molar-refractivity contribution is -0.145. The third kappa shape index (κ3) is 7.20. The van der Waals surface area contributed by atoms with Crippen LogP contribution in [0.5, 0.6) is 0 Å². The Kier molecular flexibility index (Phi) is 7.10. The van der Waals surface area contributed by atoms with Gasteiger partial charge in [0.15, 0.2) is 0 Å². The molecule has 1 atom stereocenters. The highest BCUT2D eigenvalue weighted by atomic mass is 16.5. The molecule has 0 aliphatic carbocycles. The van der Waals surface area contributed by atoms with Crippen LogP contribution in [0, 0.1) is 0 Å². The van der Waals surface area contributed by atoms with Crippen molar-refractivity contribution < 1.29 is 29.0 Å². The first-order valence-electron chi connectivity index (χ1n) is 5.32. The molecule has 0 spiro atoms. The predicted octanol–water partition coefficient (Wildman–Crippen LogP) is -1.23. The maximum Gasteiger partial charge on any atom is 0.306 e. The lowest BCUT2D eigenvalue weighted by atomic mass is 10.2. The number of carboxylic acid groups (broad SMARTS) is 1. The van der Waals surface area contributed by atoms with Crippen molar-refractivity contribution in [2.24, 2.45) is 5.73 Å². The molecule has 4 N–H and O–H groups in total. The van der Waals surface area contributed by atoms with E-state index in [1.165, 1.54) is 0 Å². The van der Waals surface area contributed by atoms with E-state index >= 15 is 0 Å². The first kappa shape index (κ1) is 15.9. The van der Waals surface area contributed by atoms with Gasteiger partial charge in [0.2, 0.25) is 11.8 Å². The average Bonchev–Trinajstić information content (AvgIpc) is 2.25. The number of carboxylic acids is 1. The monoisotopic (exact) mass is 260 g/mol. The lowest BCUT2D eigenvalue weighted by Gasteiger charge is -2.12. The van der Waals surface area contributed by atoms with E-state index in [-0.39, 0.29) is 19.4 Å². The number of hydrogen-bond donors (Lipinski definition) is 3. The molecule has 0 aliphatic rings. The molecule has 0 rings (SSSR count). The topological polar surface area (TPSA) is 136 Å². The largest absolute Gasteiger partial charge is 0.481 e. The zero-order valence-electron chi connectivity index (χ0n) is 9.97. The predicted molar refractivity (Wildman–Crippen MR) is 59.2 cm³/mol. The van der Waals surface area contributed by atoms with Crippen LogP contribution in [0.25, 0.3) is 0 Å². The molecule has 0 unspecified atom stereocenters. The molecule has 0 fully saturated rings. The number of carbonyl (C=O) groups is 4. The van der Waals surface area contributed by atoms with Crippen molar-refractivity contribution in [2.75, 3.05) is 6.61 Å². The second kappa shape index (κ2) is 8.04. The Labute approximate surface area is 103 Å². The van der Waals surface area contributed by atoms with Crippen molar-refractivity contribution in [3.8, 4) is 0 Å². The smallest absolute Gasteiger partial charge is 0.306 e. The molecular weight excluding hydrogens is 244 g/mol. The maximum absolute atomic E-state index is 11.3. The molecule has 102 valence electrons. The average molecular weight is 260 g/mol. The molecule has 0 aromatic carbocycles. The molecule has 0 bridgehead atoms. The summed E-state index contributed by atoms with van der Waals surface area (Å²) in [5.74, 6) is -3.37. The van der Waals surface area contributed by atoms with Crippen LogP contribution in [0.1, 0.15) is 26.2 Å². The van der Waals surface area contributed by atoms with Crippen LogP contribution in [-0.4, -0.2) is 41.5 Å². The van der Waals surface area contributed by atoms with Gasteiger partial charge in [-0.25, -0.2) is 0 Å². The third-order valence-corrected chi connectivity index (χ3v) is 1.92. The molecule has 0 heterocycles. The van der Waals surface area contributed by atoms with Crippen LogP contribution in [0.3, 0.4) is 0 Å². The molecular formula is C10H16N2O6. The van der Waals surface area contributed by atoms with E-state index in [2.05, 4.69) is 10.1 Å². The highest BCUT2D eigenvalue weighted by molar-refractivity contribution is 5.90. The number of rotatable bonds is 8. The Morgan fingerprint density at radius 1 is 1.28 bits per heavy atom. The fourth-order valence-corrected chi connectivity index (χ4v) is 1.11. The number of carbonyl (C=O) groups excluding carboxylic acids is 3. The minimum Gasteiger partial charge on any atom is -0.481 e. The zero-order chi connectivity index (χ0) is 14.1. The first-order valence-corrected chi connectivity index (χ1v) is 5.32. The molecule has 0 aliphatic heterocycles. The number of nitrogens with two attached hydrogens (primary N) is 1. The molecule has 2 amide bonds. The lowest BCUT2D eigenvalue weighted by Crippen LogP contribution is -2.45. The number of nitrogens with one attached hydrogen (secondary N) is 1. The summed E-state index contributed by atoms with van der Waals surface area (Å²) < 4.78 is 4.60. The van der Waals surface area contributed by atoms with Gasteiger partial charge < -0.3 is 20.9 Å². The standard InChI is InChI=1S/C10H16N2O6/c1-2-18-9(16)4-3-7(13)12-6(10(11)17)5-8(14)15/h6H,2-5H2,1H3,(H2,11,17)(H,12,13)(H,14,15)/t6-/m0/s1. The summed E-state index contributed by atoms with van der Waals surface area (Å²) in [6.45, 7) is 1.84. The SMILES string of the molecule is CCOC(=O)CCC(=O)N[C@@H](CC(=O)O)C(N)=O. The van der Waals surface area contributed by atoms with E-state index in [1.54, 1.807) is 6.92 Å². The van der Waals surface area contributed by atoms with Gasteiger partial charge in [0.05, 0.1) is 19.4 Å². The molecule has 18 heavy (non-hydrogen) atoms. The Morgan fingerprint density at radius 3 is 2.33 bits per heavy atom. The summed E-state index contributed by atoms with van der Waals surface area (Å²) in [4.78, 5) is 43.6. The van der Waals surface area contributed by atoms with E-state index in [0.717, 1.165) is 0 Å². The van der Waals surface area contributed by atoms with Gasteiger partial charge in [0, 0.05) is 6.42 Å². The molecule has 0 saturated carbocycles. The van der Waals surface area contributed by atoms with Crippen LogP contribution >= 0.6 is 0 Å². The summed E-state index contributed by atoms with van der Waals surface area (Å²) in [5.41, 5.74) is 4.93. The molecule has 8 nitrogen and oxygen atoms in total. The third-order valence-electron chi connectivity index (χ3n) is 1.92. The first-order chi connectivity index (χ1) is 8.36. The number of esters is 1. The Balaban J connectivity index is 4.14. The second-order valence-corrected chi connectivity index (χ2v) is 3.43. The minimum absolute atomic E-state index is 0.141. The fourth-order valence-electron chi connectivity index (χ4n) is 1.11. The summed E-state index contributed by atoms with van der Waals surface area (Å²) in [7, 11) is 0. The van der Waals surface area contributed by atoms with Crippen LogP contribution in [0.4, 0.5) is 0 Å². The summed E-state index contributed by atoms with van der Waals surface area (Å²) in [5, 5.41) is 10.6. The van der Waals surface area contributed by atoms with Gasteiger partial charge in [-0.2, -0.15) is 0 Å². The van der Waals surface area contributed by atoms with Crippen molar-refractivity contribution >= 4 is 23.8 Å². The van der Waals surface area contributed by atoms with Gasteiger partial charge in [0.25, 0.3) is 0 Å². The molecule has 0 radical (unpaired) electrons. The Morgan fingerprint density at radius 2 is 1.89 bits per heavy atom. The van der Waals surface area contributed by atoms with E-state index in [1.807, 2.05) is 0 Å². The number of amides is 2. The number of ether oxygens (including phenoxy) is 1. The van der Waals surface area contributed by atoms with E-state index < -0.39 is 36.2 Å². The van der Waals surface area contributed by atoms with Gasteiger partial charge in [0.1, 0.15) is 6.04 Å². The zero-order valence-corrected chi connectivity index (χ0v) is 9.97. The van der Waals surface area contributed by atoms with Crippen molar-refractivity contribution in [3.05, 3.63) is 0 Å². The molecule has 0 aromatic heterocycles. The number of primary amides is 1. The van der Waals surface area contributed by atoms with Crippen molar-refractivity contribution in [3.63, 3.8) is 0 Å². The molecule has 0 saturated heterocycles. The van der Waals surface area contributed by atoms with Crippen LogP contribution in [0.15, 0.2) is 0 Å². The van der Waals surface area contributed by atoms with E-state index in [9.17, 15) is 19.2 Å². The maximum atomic E-state index is 11.3. The van der Waals surface area contributed by atoms with Crippen molar-refractivity contribution in [2.45, 2.75) is 32.2 Å². The summed E-state index contributed by atoms with van der Waals surface area (Å²) in [6, 6.07) is -1.28. The van der Waals surface area contributed by atoms with Gasteiger partial charge in [-0.15, -0.1) is 0 Å². The highest BCUT2D eigenvalue weighted by Gasteiger charge is 2.21. The fraction of sp³-hybridized carbons (Fsp3) is 0.600. The van der Waals surface area contributed by atoms with Gasteiger partial charge in [-0.05, 0) is 6.92 Å². The van der Waals surface area contributed by atoms with Crippen molar-refractivity contribution in [1.82, 2.24) is 5.32 Å².